The van der Waals surface area contributed by atoms with Crippen molar-refractivity contribution >= 4 is 55.0 Å². The Morgan fingerprint density at radius 1 is 0.822 bits per heavy atom. The molecule has 0 heterocycles. The maximum absolute atomic E-state index is 12.3. The fourth-order valence-electron chi connectivity index (χ4n) is 4.33. The SMILES string of the molecule is CS(=O)(=O)Nc1ccc(Oc2ccc3cc(C(=N)N)ccc3c2)c(-c2cc3ccccc3cc2C(=O)O)c1.O=C(O)C(F)(F)F. The summed E-state index contributed by atoms with van der Waals surface area (Å²) in [6, 6.07) is 26.3. The lowest BCUT2D eigenvalue weighted by molar-refractivity contribution is -0.192. The van der Waals surface area contributed by atoms with E-state index in [1.165, 1.54) is 0 Å². The Balaban J connectivity index is 0.000000591. The number of benzene rings is 5. The van der Waals surface area contributed by atoms with Crippen molar-refractivity contribution in [1.29, 1.82) is 5.41 Å². The molecule has 0 bridgehead atoms. The summed E-state index contributed by atoms with van der Waals surface area (Å²) < 4.78 is 64.2. The molecule has 5 rings (SSSR count). The van der Waals surface area contributed by atoms with E-state index < -0.39 is 28.1 Å². The van der Waals surface area contributed by atoms with Crippen LogP contribution in [0.15, 0.2) is 91.0 Å². The zero-order chi connectivity index (χ0) is 33.1. The van der Waals surface area contributed by atoms with Crippen molar-refractivity contribution in [2.75, 3.05) is 11.0 Å². The molecule has 0 aliphatic carbocycles. The molecule has 0 aliphatic heterocycles. The Hall–Kier alpha value is -5.63. The predicted octanol–water partition coefficient (Wildman–Crippen LogP) is 6.44. The molecule has 232 valence electrons. The average Bonchev–Trinajstić information content (AvgIpc) is 2.96. The van der Waals surface area contributed by atoms with Crippen LogP contribution in [0.25, 0.3) is 32.7 Å². The number of carbonyl (C=O) groups is 2. The van der Waals surface area contributed by atoms with Crippen molar-refractivity contribution in [3.8, 4) is 22.6 Å². The van der Waals surface area contributed by atoms with E-state index in [9.17, 15) is 31.5 Å². The molecule has 0 aliphatic rings. The molecule has 0 radical (unpaired) electrons. The van der Waals surface area contributed by atoms with E-state index in [0.717, 1.165) is 27.8 Å². The Bertz CT molecular complexity index is 2080. The highest BCUT2D eigenvalue weighted by atomic mass is 32.2. The van der Waals surface area contributed by atoms with Crippen LogP contribution < -0.4 is 15.2 Å². The van der Waals surface area contributed by atoms with Crippen LogP contribution in [0.1, 0.15) is 15.9 Å². The fraction of sp³-hybridized carbons (Fsp3) is 0.0645. The molecule has 0 saturated heterocycles. The molecule has 6 N–H and O–H groups in total. The lowest BCUT2D eigenvalue weighted by atomic mass is 9.94. The number of nitrogen functional groups attached to an aromatic ring is 1. The third kappa shape index (κ3) is 8.06. The van der Waals surface area contributed by atoms with Crippen molar-refractivity contribution in [3.05, 3.63) is 102 Å². The van der Waals surface area contributed by atoms with E-state index in [-0.39, 0.29) is 17.1 Å². The van der Waals surface area contributed by atoms with Crippen molar-refractivity contribution in [3.63, 3.8) is 0 Å². The van der Waals surface area contributed by atoms with Crippen LogP contribution in [0, 0.1) is 5.41 Å². The van der Waals surface area contributed by atoms with Crippen molar-refractivity contribution < 1.29 is 46.1 Å². The third-order valence-corrected chi connectivity index (χ3v) is 6.89. The number of alkyl halides is 3. The number of carboxylic acid groups (broad SMARTS) is 2. The summed E-state index contributed by atoms with van der Waals surface area (Å²) in [5, 5.41) is 28.1. The molecular weight excluding hydrogens is 615 g/mol. The maximum Gasteiger partial charge on any atom is 0.490 e. The monoisotopic (exact) mass is 639 g/mol. The standard InChI is InChI=1S/C29H23N3O5S.C2HF3O2/c1-38(35,36)32-22-9-11-27(37-23-10-8-19-12-21(28(30)31)7-6-20(19)13-23)25(16-22)24-14-17-4-2-3-5-18(17)15-26(24)29(33)34;3-2(4,5)1(6)7/h2-16,32H,1H3,(H3,30,31)(H,33,34);(H,6,7). The number of hydrogen-bond acceptors (Lipinski definition) is 6. The number of aliphatic carboxylic acids is 1. The number of ether oxygens (including phenoxy) is 1. The average molecular weight is 640 g/mol. The number of hydrogen-bond donors (Lipinski definition) is 5. The first-order valence-electron chi connectivity index (χ1n) is 12.8. The number of aromatic carboxylic acids is 1. The second-order valence-electron chi connectivity index (χ2n) is 9.68. The Morgan fingerprint density at radius 2 is 1.40 bits per heavy atom. The summed E-state index contributed by atoms with van der Waals surface area (Å²) >= 11 is 0. The molecule has 10 nitrogen and oxygen atoms in total. The van der Waals surface area contributed by atoms with Crippen molar-refractivity contribution in [2.45, 2.75) is 6.18 Å². The quantitative estimate of drug-likeness (QED) is 0.0997. The van der Waals surface area contributed by atoms with Crippen LogP contribution in [0.3, 0.4) is 0 Å². The van der Waals surface area contributed by atoms with Crippen LogP contribution >= 0.6 is 0 Å². The molecule has 0 saturated carbocycles. The number of nitrogens with one attached hydrogen (secondary N) is 2. The number of fused-ring (bicyclic) bond motifs is 2. The first kappa shape index (κ1) is 32.3. The lowest BCUT2D eigenvalue weighted by Gasteiger charge is -2.16. The van der Waals surface area contributed by atoms with E-state index in [2.05, 4.69) is 4.72 Å². The van der Waals surface area contributed by atoms with Gasteiger partial charge >= 0.3 is 18.1 Å². The molecule has 0 atom stereocenters. The second kappa shape index (κ2) is 12.5. The number of nitrogens with two attached hydrogens (primary N) is 1. The minimum absolute atomic E-state index is 0.0238. The fourth-order valence-corrected chi connectivity index (χ4v) is 4.88. The Kier molecular flexibility index (Phi) is 9.00. The summed E-state index contributed by atoms with van der Waals surface area (Å²) in [7, 11) is -3.57. The number of rotatable bonds is 7. The summed E-state index contributed by atoms with van der Waals surface area (Å²) in [6.45, 7) is 0. The summed E-state index contributed by atoms with van der Waals surface area (Å²) in [5.74, 6) is -3.06. The van der Waals surface area contributed by atoms with Gasteiger partial charge in [0, 0.05) is 22.4 Å². The van der Waals surface area contributed by atoms with Gasteiger partial charge in [0.25, 0.3) is 0 Å². The zero-order valence-electron chi connectivity index (χ0n) is 23.2. The van der Waals surface area contributed by atoms with Gasteiger partial charge in [-0.3, -0.25) is 10.1 Å². The van der Waals surface area contributed by atoms with Gasteiger partial charge in [-0.15, -0.1) is 0 Å². The minimum Gasteiger partial charge on any atom is -0.478 e. The first-order chi connectivity index (χ1) is 21.0. The predicted molar refractivity (Wildman–Crippen MR) is 164 cm³/mol. The van der Waals surface area contributed by atoms with Gasteiger partial charge in [-0.2, -0.15) is 13.2 Å². The van der Waals surface area contributed by atoms with Crippen molar-refractivity contribution in [1.82, 2.24) is 0 Å². The number of sulfonamides is 1. The number of halogens is 3. The van der Waals surface area contributed by atoms with Gasteiger partial charge in [-0.25, -0.2) is 18.0 Å². The second-order valence-corrected chi connectivity index (χ2v) is 11.4. The minimum atomic E-state index is -5.08. The Labute approximate surface area is 254 Å². The summed E-state index contributed by atoms with van der Waals surface area (Å²) in [5.41, 5.74) is 7.34. The highest BCUT2D eigenvalue weighted by Crippen LogP contribution is 2.39. The number of anilines is 1. The van der Waals surface area contributed by atoms with E-state index in [4.69, 9.17) is 25.8 Å². The van der Waals surface area contributed by atoms with Gasteiger partial charge < -0.3 is 20.7 Å². The van der Waals surface area contributed by atoms with Crippen LogP contribution in [-0.4, -0.2) is 48.8 Å². The van der Waals surface area contributed by atoms with Crippen LogP contribution in [0.2, 0.25) is 0 Å². The van der Waals surface area contributed by atoms with E-state index >= 15 is 0 Å². The maximum atomic E-state index is 12.3. The lowest BCUT2D eigenvalue weighted by Crippen LogP contribution is -2.21. The molecule has 14 heteroatoms. The van der Waals surface area contributed by atoms with Crippen LogP contribution in [0.5, 0.6) is 11.5 Å². The van der Waals surface area contributed by atoms with Gasteiger partial charge in [-0.1, -0.05) is 42.5 Å². The molecule has 5 aromatic carbocycles. The summed E-state index contributed by atoms with van der Waals surface area (Å²) in [6.07, 6.45) is -4.04. The van der Waals surface area contributed by atoms with Crippen LogP contribution in [0.4, 0.5) is 18.9 Å². The Morgan fingerprint density at radius 3 is 1.98 bits per heavy atom. The topological polar surface area (TPSA) is 180 Å². The molecule has 0 aromatic heterocycles. The van der Waals surface area contributed by atoms with Gasteiger partial charge in [0.2, 0.25) is 10.0 Å². The molecule has 0 unspecified atom stereocenters. The van der Waals surface area contributed by atoms with E-state index in [1.807, 2.05) is 48.5 Å². The first-order valence-corrected chi connectivity index (χ1v) is 14.7. The van der Waals surface area contributed by atoms with Gasteiger partial charge in [0.15, 0.2) is 0 Å². The zero-order valence-corrected chi connectivity index (χ0v) is 24.0. The normalized spacial score (nSPS) is 11.4. The molecule has 0 fully saturated rings. The van der Waals surface area contributed by atoms with Gasteiger partial charge in [0.05, 0.1) is 11.8 Å². The highest BCUT2D eigenvalue weighted by molar-refractivity contribution is 7.92. The van der Waals surface area contributed by atoms with E-state index in [0.29, 0.717) is 28.2 Å². The number of amidine groups is 1. The molecule has 45 heavy (non-hydrogen) atoms. The molecule has 5 aromatic rings. The van der Waals surface area contributed by atoms with Gasteiger partial charge in [0.1, 0.15) is 17.3 Å². The molecule has 0 amide bonds. The van der Waals surface area contributed by atoms with Crippen molar-refractivity contribution in [2.24, 2.45) is 5.73 Å². The summed E-state index contributed by atoms with van der Waals surface area (Å²) in [4.78, 5) is 21.2. The third-order valence-electron chi connectivity index (χ3n) is 6.28. The van der Waals surface area contributed by atoms with Crippen LogP contribution in [-0.2, 0) is 14.8 Å². The molecular formula is C31H24F3N3O7S. The largest absolute Gasteiger partial charge is 0.490 e. The smallest absolute Gasteiger partial charge is 0.478 e. The highest BCUT2D eigenvalue weighted by Gasteiger charge is 2.38. The molecule has 0 spiro atoms. The van der Waals surface area contributed by atoms with E-state index in [1.54, 1.807) is 42.5 Å². The van der Waals surface area contributed by atoms with Gasteiger partial charge in [-0.05, 0) is 70.1 Å². The number of carboxylic acids is 2.